The first-order valence-corrected chi connectivity index (χ1v) is 8.22. The second-order valence-corrected chi connectivity index (χ2v) is 7.00. The average Bonchev–Trinajstić information content (AvgIpc) is 2.76. The van der Waals surface area contributed by atoms with Crippen LogP contribution in [0.25, 0.3) is 0 Å². The number of halogens is 1. The molecule has 1 aliphatic rings. The zero-order valence-corrected chi connectivity index (χ0v) is 11.1. The number of H-pyrrole nitrogens is 1. The van der Waals surface area contributed by atoms with E-state index in [2.05, 4.69) is 15.2 Å². The molecule has 1 heterocycles. The van der Waals surface area contributed by atoms with Gasteiger partial charge in [-0.25, -0.2) is 13.4 Å². The van der Waals surface area contributed by atoms with Crippen molar-refractivity contribution in [1.82, 2.24) is 15.2 Å². The van der Waals surface area contributed by atoms with E-state index in [0.29, 0.717) is 5.82 Å². The highest BCUT2D eigenvalue weighted by molar-refractivity contribution is 8.13. The third kappa shape index (κ3) is 3.67. The van der Waals surface area contributed by atoms with Gasteiger partial charge in [0.15, 0.2) is 0 Å². The van der Waals surface area contributed by atoms with Crippen molar-refractivity contribution in [2.24, 2.45) is 5.92 Å². The van der Waals surface area contributed by atoms with Gasteiger partial charge in [-0.2, -0.15) is 0 Å². The smallest absolute Gasteiger partial charge is 0.262 e. The lowest BCUT2D eigenvalue weighted by molar-refractivity contribution is 0.337. The lowest BCUT2D eigenvalue weighted by Crippen LogP contribution is -2.07. The van der Waals surface area contributed by atoms with Crippen LogP contribution in [0.5, 0.6) is 0 Å². The molecule has 1 aliphatic carbocycles. The summed E-state index contributed by atoms with van der Waals surface area (Å²) in [5, 5.41) is 5.90. The number of hydrogen-bond acceptors (Lipinski definition) is 4. The van der Waals surface area contributed by atoms with Gasteiger partial charge in [-0.3, -0.25) is 5.10 Å². The first-order chi connectivity index (χ1) is 8.05. The van der Waals surface area contributed by atoms with Crippen LogP contribution >= 0.6 is 10.7 Å². The van der Waals surface area contributed by atoms with Gasteiger partial charge in [0.1, 0.15) is 5.82 Å². The van der Waals surface area contributed by atoms with Crippen molar-refractivity contribution in [2.45, 2.75) is 50.1 Å². The van der Waals surface area contributed by atoms with Crippen molar-refractivity contribution in [3.63, 3.8) is 0 Å². The summed E-state index contributed by atoms with van der Waals surface area (Å²) < 4.78 is 21.9. The summed E-state index contributed by atoms with van der Waals surface area (Å²) in [6.07, 6.45) is 8.28. The van der Waals surface area contributed by atoms with Crippen molar-refractivity contribution < 1.29 is 8.42 Å². The van der Waals surface area contributed by atoms with Gasteiger partial charge in [0.05, 0.1) is 0 Å². The molecule has 2 rings (SSSR count). The largest absolute Gasteiger partial charge is 0.298 e. The maximum atomic E-state index is 11.0. The summed E-state index contributed by atoms with van der Waals surface area (Å²) in [6.45, 7) is 0. The Labute approximate surface area is 105 Å². The third-order valence-electron chi connectivity index (χ3n) is 3.24. The highest BCUT2D eigenvalue weighted by Gasteiger charge is 2.18. The molecule has 0 aliphatic heterocycles. The van der Waals surface area contributed by atoms with E-state index < -0.39 is 9.05 Å². The molecule has 1 fully saturated rings. The summed E-state index contributed by atoms with van der Waals surface area (Å²) in [5.41, 5.74) is 0. The predicted octanol–water partition coefficient (Wildman–Crippen LogP) is 2.25. The molecular formula is C10H16ClN3O2S. The summed E-state index contributed by atoms with van der Waals surface area (Å²) in [5.74, 6) is 1.35. The van der Waals surface area contributed by atoms with E-state index in [0.717, 1.165) is 18.8 Å². The number of nitrogens with one attached hydrogen (secondary N) is 1. The SMILES string of the molecule is O=S(=O)(Cl)c1n[nH]c(CCC2CCCCC2)n1. The predicted molar refractivity (Wildman–Crippen MR) is 64.3 cm³/mol. The number of aryl methyl sites for hydroxylation is 1. The minimum Gasteiger partial charge on any atom is -0.262 e. The van der Waals surface area contributed by atoms with Crippen molar-refractivity contribution in [1.29, 1.82) is 0 Å². The van der Waals surface area contributed by atoms with Crippen LogP contribution < -0.4 is 0 Å². The standard InChI is InChI=1S/C10H16ClN3O2S/c11-17(15,16)10-12-9(13-14-10)7-6-8-4-2-1-3-5-8/h8H,1-7H2,(H,12,13,14). The fraction of sp³-hybridized carbons (Fsp3) is 0.800. The van der Waals surface area contributed by atoms with E-state index in [1.54, 1.807) is 0 Å². The van der Waals surface area contributed by atoms with Gasteiger partial charge in [-0.1, -0.05) is 32.1 Å². The molecule has 0 unspecified atom stereocenters. The Morgan fingerprint density at radius 1 is 1.29 bits per heavy atom. The van der Waals surface area contributed by atoms with Gasteiger partial charge in [0.25, 0.3) is 14.2 Å². The summed E-state index contributed by atoms with van der Waals surface area (Å²) in [4.78, 5) is 3.88. The minimum absolute atomic E-state index is 0.321. The van der Waals surface area contributed by atoms with Crippen LogP contribution in [0.15, 0.2) is 5.16 Å². The average molecular weight is 278 g/mol. The molecule has 0 bridgehead atoms. The van der Waals surface area contributed by atoms with Gasteiger partial charge < -0.3 is 0 Å². The molecule has 0 atom stereocenters. The van der Waals surface area contributed by atoms with E-state index in [1.165, 1.54) is 32.1 Å². The molecule has 1 aromatic heterocycles. The minimum atomic E-state index is -3.81. The zero-order valence-electron chi connectivity index (χ0n) is 9.52. The Bertz CT molecular complexity index is 466. The molecule has 1 saturated carbocycles. The van der Waals surface area contributed by atoms with E-state index in [-0.39, 0.29) is 5.16 Å². The molecule has 0 aromatic carbocycles. The second-order valence-electron chi connectivity index (χ2n) is 4.55. The van der Waals surface area contributed by atoms with Crippen molar-refractivity contribution in [3.8, 4) is 0 Å². The van der Waals surface area contributed by atoms with Crippen LogP contribution in [-0.4, -0.2) is 23.6 Å². The monoisotopic (exact) mass is 277 g/mol. The molecule has 5 nitrogen and oxygen atoms in total. The van der Waals surface area contributed by atoms with Crippen LogP contribution in [0.2, 0.25) is 0 Å². The third-order valence-corrected chi connectivity index (χ3v) is 4.28. The zero-order chi connectivity index (χ0) is 12.3. The molecule has 0 saturated heterocycles. The van der Waals surface area contributed by atoms with Gasteiger partial charge in [0, 0.05) is 17.1 Å². The Balaban J connectivity index is 1.89. The Morgan fingerprint density at radius 2 is 2.00 bits per heavy atom. The topological polar surface area (TPSA) is 75.7 Å². The lowest BCUT2D eigenvalue weighted by atomic mass is 9.86. The Hall–Kier alpha value is -0.620. The number of aromatic amines is 1. The molecule has 96 valence electrons. The van der Waals surface area contributed by atoms with E-state index in [1.807, 2.05) is 0 Å². The maximum absolute atomic E-state index is 11.0. The van der Waals surface area contributed by atoms with Crippen LogP contribution in [0.4, 0.5) is 0 Å². The van der Waals surface area contributed by atoms with Crippen LogP contribution in [0.3, 0.4) is 0 Å². The molecule has 1 N–H and O–H groups in total. The number of aromatic nitrogens is 3. The molecule has 0 radical (unpaired) electrons. The van der Waals surface area contributed by atoms with Crippen LogP contribution in [-0.2, 0) is 15.5 Å². The van der Waals surface area contributed by atoms with Crippen LogP contribution in [0.1, 0.15) is 44.3 Å². The van der Waals surface area contributed by atoms with Crippen molar-refractivity contribution >= 4 is 19.7 Å². The van der Waals surface area contributed by atoms with Gasteiger partial charge in [-0.15, -0.1) is 5.10 Å². The van der Waals surface area contributed by atoms with Crippen LogP contribution in [0, 0.1) is 5.92 Å². The lowest BCUT2D eigenvalue weighted by Gasteiger charge is -2.20. The summed E-state index contributed by atoms with van der Waals surface area (Å²) in [7, 11) is 1.34. The fourth-order valence-electron chi connectivity index (χ4n) is 2.32. The van der Waals surface area contributed by atoms with Crippen molar-refractivity contribution in [2.75, 3.05) is 0 Å². The quantitative estimate of drug-likeness (QED) is 0.857. The highest BCUT2D eigenvalue weighted by Crippen LogP contribution is 2.27. The Kier molecular flexibility index (Phi) is 4.04. The molecular weight excluding hydrogens is 262 g/mol. The van der Waals surface area contributed by atoms with Gasteiger partial charge in [-0.05, 0) is 12.3 Å². The van der Waals surface area contributed by atoms with E-state index in [4.69, 9.17) is 10.7 Å². The van der Waals surface area contributed by atoms with Crippen molar-refractivity contribution in [3.05, 3.63) is 5.82 Å². The fourth-order valence-corrected chi connectivity index (χ4v) is 2.90. The molecule has 0 amide bonds. The molecule has 17 heavy (non-hydrogen) atoms. The Morgan fingerprint density at radius 3 is 2.59 bits per heavy atom. The van der Waals surface area contributed by atoms with Gasteiger partial charge >= 0.3 is 0 Å². The molecule has 7 heteroatoms. The first kappa shape index (κ1) is 12.8. The molecule has 0 spiro atoms. The first-order valence-electron chi connectivity index (χ1n) is 5.91. The second kappa shape index (κ2) is 5.35. The molecule has 1 aromatic rings. The van der Waals surface area contributed by atoms with Gasteiger partial charge in [0.2, 0.25) is 0 Å². The normalized spacial score (nSPS) is 18.4. The number of hydrogen-bond donors (Lipinski definition) is 1. The van der Waals surface area contributed by atoms with E-state index in [9.17, 15) is 8.42 Å². The maximum Gasteiger partial charge on any atom is 0.298 e. The number of nitrogens with zero attached hydrogens (tertiary/aromatic N) is 2. The summed E-state index contributed by atoms with van der Waals surface area (Å²) in [6, 6.07) is 0. The van der Waals surface area contributed by atoms with E-state index >= 15 is 0 Å². The summed E-state index contributed by atoms with van der Waals surface area (Å²) >= 11 is 0. The highest BCUT2D eigenvalue weighted by atomic mass is 35.7. The number of rotatable bonds is 4.